The second-order valence-electron chi connectivity index (χ2n) is 6.68. The summed E-state index contributed by atoms with van der Waals surface area (Å²) in [5, 5.41) is 3.07. The molecule has 3 rings (SSSR count). The smallest absolute Gasteiger partial charge is 0.312 e. The summed E-state index contributed by atoms with van der Waals surface area (Å²) in [5.41, 5.74) is 2.07. The molecule has 27 heavy (non-hydrogen) atoms. The minimum atomic E-state index is -5.18. The molecule has 0 aliphatic carbocycles. The molecule has 3 N–H and O–H groups in total. The third-order valence-electron chi connectivity index (χ3n) is 4.76. The third kappa shape index (κ3) is 4.45. The van der Waals surface area contributed by atoms with E-state index in [1.807, 2.05) is 0 Å². The van der Waals surface area contributed by atoms with Gasteiger partial charge in [0.25, 0.3) is 11.8 Å². The summed E-state index contributed by atoms with van der Waals surface area (Å²) in [6.45, 7) is 0.330. The van der Waals surface area contributed by atoms with Gasteiger partial charge in [-0.25, -0.2) is 19.1 Å². The van der Waals surface area contributed by atoms with Crippen LogP contribution in [-0.4, -0.2) is 78.6 Å². The van der Waals surface area contributed by atoms with Crippen LogP contribution >= 0.6 is 0 Å². The molecule has 3 atom stereocenters. The highest BCUT2D eigenvalue weighted by Gasteiger charge is 2.62. The molecule has 3 fully saturated rings. The fourth-order valence-corrected chi connectivity index (χ4v) is 3.81. The van der Waals surface area contributed by atoms with E-state index in [4.69, 9.17) is 9.39 Å². The van der Waals surface area contributed by atoms with E-state index in [2.05, 4.69) is 15.1 Å². The van der Waals surface area contributed by atoms with E-state index in [-0.39, 0.29) is 17.7 Å². The molecule has 1 unspecified atom stereocenters. The van der Waals surface area contributed by atoms with E-state index in [0.717, 1.165) is 30.7 Å². The van der Waals surface area contributed by atoms with Crippen LogP contribution in [0.15, 0.2) is 0 Å². The summed E-state index contributed by atoms with van der Waals surface area (Å²) in [5.74, 6) is -4.56. The number of rotatable bonds is 6. The van der Waals surface area contributed by atoms with Gasteiger partial charge in [-0.3, -0.25) is 14.2 Å². The summed E-state index contributed by atoms with van der Waals surface area (Å²) in [7, 11) is -5.18. The van der Waals surface area contributed by atoms with E-state index < -0.39 is 53.3 Å². The minimum Gasteiger partial charge on any atom is -0.312 e. The molecule has 2 bridgehead atoms. The molecule has 3 aliphatic heterocycles. The predicted molar refractivity (Wildman–Crippen MR) is 83.5 cm³/mol. The van der Waals surface area contributed by atoms with Crippen LogP contribution in [0.3, 0.4) is 0 Å². The van der Waals surface area contributed by atoms with Crippen LogP contribution < -0.4 is 10.8 Å². The largest absolute Gasteiger partial charge is 0.418 e. The highest BCUT2D eigenvalue weighted by Crippen LogP contribution is 2.41. The first-order valence-corrected chi connectivity index (χ1v) is 9.75. The lowest BCUT2D eigenvalue weighted by Gasteiger charge is -2.34. The summed E-state index contributed by atoms with van der Waals surface area (Å²) in [6, 6.07) is -4.74. The Morgan fingerprint density at radius 2 is 2.15 bits per heavy atom. The number of urea groups is 1. The van der Waals surface area contributed by atoms with E-state index in [1.54, 1.807) is 0 Å². The van der Waals surface area contributed by atoms with E-state index in [1.165, 1.54) is 0 Å². The standard InChI is InChI=1S/C13H20F2N4O7S/c14-13(15)5-9(11(20)17-25-7-8-3-1-2-4-16-8)18-6-10(13)19(12(18)21)26-27(22,23)24/h8-10,16H,1-7H2,(H,17,20)(H,22,23,24)/t8?,9-,10-/m0/s1. The number of hydrogen-bond donors (Lipinski definition) is 3. The number of carbonyl (C=O) groups excluding carboxylic acids is 2. The monoisotopic (exact) mass is 414 g/mol. The van der Waals surface area contributed by atoms with Crippen molar-refractivity contribution in [2.24, 2.45) is 0 Å². The van der Waals surface area contributed by atoms with Crippen LogP contribution in [0.1, 0.15) is 25.7 Å². The first-order chi connectivity index (χ1) is 12.6. The number of halogens is 2. The van der Waals surface area contributed by atoms with E-state index in [9.17, 15) is 26.8 Å². The second-order valence-corrected chi connectivity index (χ2v) is 7.69. The Balaban J connectivity index is 1.62. The van der Waals surface area contributed by atoms with Crippen molar-refractivity contribution in [1.29, 1.82) is 0 Å². The zero-order valence-corrected chi connectivity index (χ0v) is 15.0. The van der Waals surface area contributed by atoms with Gasteiger partial charge in [0.05, 0.1) is 13.2 Å². The predicted octanol–water partition coefficient (Wildman–Crippen LogP) is -0.575. The fraction of sp³-hybridized carbons (Fsp3) is 0.846. The lowest BCUT2D eigenvalue weighted by Crippen LogP contribution is -2.56. The molecule has 3 amide bonds. The Morgan fingerprint density at radius 1 is 1.41 bits per heavy atom. The van der Waals surface area contributed by atoms with Crippen LogP contribution in [0.4, 0.5) is 13.6 Å². The Morgan fingerprint density at radius 3 is 2.78 bits per heavy atom. The summed E-state index contributed by atoms with van der Waals surface area (Å²) >= 11 is 0. The third-order valence-corrected chi connectivity index (χ3v) is 5.11. The number of piperidine rings is 2. The van der Waals surface area contributed by atoms with Gasteiger partial charge in [-0.15, -0.1) is 4.28 Å². The van der Waals surface area contributed by atoms with E-state index >= 15 is 0 Å². The van der Waals surface area contributed by atoms with Crippen LogP contribution in [0.25, 0.3) is 0 Å². The van der Waals surface area contributed by atoms with Gasteiger partial charge in [-0.05, 0) is 19.4 Å². The lowest BCUT2D eigenvalue weighted by molar-refractivity contribution is -0.159. The normalized spacial score (nSPS) is 30.5. The number of carbonyl (C=O) groups is 2. The Hall–Kier alpha value is -1.61. The maximum atomic E-state index is 14.3. The highest BCUT2D eigenvalue weighted by molar-refractivity contribution is 7.80. The van der Waals surface area contributed by atoms with Crippen LogP contribution in [0, 0.1) is 0 Å². The first kappa shape index (κ1) is 20.1. The number of fused-ring (bicyclic) bond motifs is 2. The van der Waals surface area contributed by atoms with Crippen molar-refractivity contribution in [3.05, 3.63) is 0 Å². The number of nitrogens with zero attached hydrogens (tertiary/aromatic N) is 2. The SMILES string of the molecule is O=C(NOCC1CCCCN1)[C@@H]1CC(F)(F)[C@@H]2CN1C(=O)N2OS(=O)(=O)O. The number of hydrogen-bond acceptors (Lipinski definition) is 7. The number of alkyl halides is 2. The minimum absolute atomic E-state index is 0.0308. The maximum Gasteiger partial charge on any atom is 0.418 e. The molecule has 154 valence electrons. The van der Waals surface area contributed by atoms with Crippen molar-refractivity contribution in [3.8, 4) is 0 Å². The van der Waals surface area contributed by atoms with Crippen molar-refractivity contribution < 1.29 is 40.5 Å². The quantitative estimate of drug-likeness (QED) is 0.388. The fourth-order valence-electron chi connectivity index (χ4n) is 3.44. The van der Waals surface area contributed by atoms with Crippen molar-refractivity contribution in [2.75, 3.05) is 19.7 Å². The molecule has 0 spiro atoms. The molecule has 14 heteroatoms. The van der Waals surface area contributed by atoms with Gasteiger partial charge in [0.15, 0.2) is 0 Å². The molecule has 0 radical (unpaired) electrons. The molecule has 3 heterocycles. The molecule has 11 nitrogen and oxygen atoms in total. The van der Waals surface area contributed by atoms with Gasteiger partial charge in [0, 0.05) is 12.5 Å². The van der Waals surface area contributed by atoms with Gasteiger partial charge in [0.2, 0.25) is 0 Å². The molecule has 3 saturated heterocycles. The lowest BCUT2D eigenvalue weighted by atomic mass is 9.96. The average Bonchev–Trinajstić information content (AvgIpc) is 2.86. The van der Waals surface area contributed by atoms with Gasteiger partial charge < -0.3 is 10.2 Å². The zero-order valence-electron chi connectivity index (χ0n) is 14.1. The Bertz CT molecular complexity index is 701. The highest BCUT2D eigenvalue weighted by atomic mass is 32.3. The molecule has 0 saturated carbocycles. The van der Waals surface area contributed by atoms with Crippen LogP contribution in [-0.2, 0) is 24.3 Å². The number of nitrogens with one attached hydrogen (secondary N) is 2. The molecule has 0 aromatic heterocycles. The topological polar surface area (TPSA) is 138 Å². The van der Waals surface area contributed by atoms with E-state index in [0.29, 0.717) is 0 Å². The van der Waals surface area contributed by atoms with Crippen molar-refractivity contribution in [1.82, 2.24) is 20.8 Å². The first-order valence-electron chi connectivity index (χ1n) is 8.38. The molecular formula is C13H20F2N4O7S. The molecular weight excluding hydrogens is 394 g/mol. The molecule has 3 aliphatic rings. The molecule has 0 aromatic rings. The average molecular weight is 414 g/mol. The van der Waals surface area contributed by atoms with Crippen LogP contribution in [0.5, 0.6) is 0 Å². The maximum absolute atomic E-state index is 14.3. The Kier molecular flexibility index (Phi) is 5.54. The van der Waals surface area contributed by atoms with Gasteiger partial charge in [0.1, 0.15) is 12.1 Å². The zero-order chi connectivity index (χ0) is 19.8. The van der Waals surface area contributed by atoms with Crippen molar-refractivity contribution in [2.45, 2.75) is 49.7 Å². The van der Waals surface area contributed by atoms with Crippen LogP contribution in [0.2, 0.25) is 0 Å². The van der Waals surface area contributed by atoms with Gasteiger partial charge in [-0.1, -0.05) is 6.42 Å². The second kappa shape index (κ2) is 7.43. The van der Waals surface area contributed by atoms with Crippen molar-refractivity contribution in [3.63, 3.8) is 0 Å². The van der Waals surface area contributed by atoms with Gasteiger partial charge in [-0.2, -0.15) is 13.5 Å². The number of amides is 3. The molecule has 0 aromatic carbocycles. The summed E-state index contributed by atoms with van der Waals surface area (Å²) < 4.78 is 62.9. The van der Waals surface area contributed by atoms with Gasteiger partial charge >= 0.3 is 16.4 Å². The van der Waals surface area contributed by atoms with Crippen molar-refractivity contribution >= 4 is 22.3 Å². The summed E-state index contributed by atoms with van der Waals surface area (Å²) in [6.07, 6.45) is 1.87. The number of hydroxylamine groups is 3. The summed E-state index contributed by atoms with van der Waals surface area (Å²) in [4.78, 5) is 30.3. The Labute approximate surface area is 153 Å².